The Morgan fingerprint density at radius 2 is 1.83 bits per heavy atom. The van der Waals surface area contributed by atoms with Gasteiger partial charge in [0.25, 0.3) is 0 Å². The molecule has 0 aliphatic carbocycles. The number of aromatic nitrogens is 1. The number of anilines is 1. The Morgan fingerprint density at radius 1 is 1.03 bits per heavy atom. The van der Waals surface area contributed by atoms with Gasteiger partial charge in [0.15, 0.2) is 0 Å². The number of pyridine rings is 1. The monoisotopic (exact) mass is 494 g/mol. The lowest BCUT2D eigenvalue weighted by molar-refractivity contribution is -0.137. The third-order valence-electron chi connectivity index (χ3n) is 7.12. The topological polar surface area (TPSA) is 48.5 Å². The summed E-state index contributed by atoms with van der Waals surface area (Å²) >= 11 is 0. The summed E-state index contributed by atoms with van der Waals surface area (Å²) in [7, 11) is 0. The molecule has 2 aromatic carbocycles. The van der Waals surface area contributed by atoms with Crippen molar-refractivity contribution in [3.8, 4) is 0 Å². The predicted molar refractivity (Wildman–Crippen MR) is 132 cm³/mol. The Hall–Kier alpha value is -3.39. The molecule has 3 heterocycles. The molecule has 1 fully saturated rings. The van der Waals surface area contributed by atoms with E-state index in [-0.39, 0.29) is 18.4 Å². The van der Waals surface area contributed by atoms with Gasteiger partial charge >= 0.3 is 6.18 Å². The molecule has 5 nitrogen and oxygen atoms in total. The molecular weight excluding hydrogens is 465 g/mol. The van der Waals surface area contributed by atoms with Crippen LogP contribution in [0.15, 0.2) is 72.9 Å². The number of hydrogen-bond acceptors (Lipinski definition) is 4. The molecule has 1 amide bonds. The maximum Gasteiger partial charge on any atom is 0.416 e. The fourth-order valence-corrected chi connectivity index (χ4v) is 5.33. The lowest BCUT2D eigenvalue weighted by Crippen LogP contribution is -2.61. The number of piperazine rings is 1. The first-order chi connectivity index (χ1) is 17.4. The summed E-state index contributed by atoms with van der Waals surface area (Å²) in [5.74, 6) is -0.561. The van der Waals surface area contributed by atoms with Crippen LogP contribution in [0.5, 0.6) is 0 Å². The van der Waals surface area contributed by atoms with E-state index < -0.39 is 17.7 Å². The molecule has 2 aliphatic rings. The average Bonchev–Trinajstić information content (AvgIpc) is 2.88. The number of carbonyl (C=O) groups is 1. The van der Waals surface area contributed by atoms with E-state index in [2.05, 4.69) is 32.2 Å². The fourth-order valence-electron chi connectivity index (χ4n) is 5.33. The molecule has 5 rings (SSSR count). The van der Waals surface area contributed by atoms with Crippen LogP contribution in [0.25, 0.3) is 0 Å². The highest BCUT2D eigenvalue weighted by molar-refractivity contribution is 5.82. The molecular formula is C28H29F3N4O. The van der Waals surface area contributed by atoms with E-state index in [0.717, 1.165) is 30.5 Å². The fraction of sp³-hybridized carbons (Fsp3) is 0.357. The van der Waals surface area contributed by atoms with Crippen LogP contribution < -0.4 is 10.2 Å². The van der Waals surface area contributed by atoms with Crippen LogP contribution in [0.2, 0.25) is 0 Å². The van der Waals surface area contributed by atoms with E-state index in [9.17, 15) is 18.0 Å². The first-order valence-electron chi connectivity index (χ1n) is 12.3. The second kappa shape index (κ2) is 10.3. The van der Waals surface area contributed by atoms with Crippen molar-refractivity contribution in [2.75, 3.05) is 31.1 Å². The van der Waals surface area contributed by atoms with Crippen LogP contribution in [-0.4, -0.2) is 48.0 Å². The second-order valence-electron chi connectivity index (χ2n) is 9.50. The Bertz CT molecular complexity index is 1190. The minimum atomic E-state index is -4.42. The molecule has 0 bridgehead atoms. The molecule has 1 N–H and O–H groups in total. The number of alkyl halides is 3. The zero-order chi connectivity index (χ0) is 25.1. The molecule has 2 aliphatic heterocycles. The van der Waals surface area contributed by atoms with E-state index in [4.69, 9.17) is 0 Å². The van der Waals surface area contributed by atoms with Gasteiger partial charge < -0.3 is 10.2 Å². The molecule has 36 heavy (non-hydrogen) atoms. The molecule has 188 valence electrons. The molecule has 8 heteroatoms. The van der Waals surface area contributed by atoms with Crippen molar-refractivity contribution in [3.63, 3.8) is 0 Å². The van der Waals surface area contributed by atoms with E-state index >= 15 is 0 Å². The van der Waals surface area contributed by atoms with Crippen LogP contribution in [0, 0.1) is 5.92 Å². The van der Waals surface area contributed by atoms with Gasteiger partial charge in [0.05, 0.1) is 17.5 Å². The summed E-state index contributed by atoms with van der Waals surface area (Å²) in [5, 5.41) is 3.03. The van der Waals surface area contributed by atoms with Crippen LogP contribution in [-0.2, 0) is 30.4 Å². The van der Waals surface area contributed by atoms with Crippen molar-refractivity contribution in [3.05, 3.63) is 95.3 Å². The van der Waals surface area contributed by atoms with Gasteiger partial charge in [-0.1, -0.05) is 36.4 Å². The standard InChI is InChI=1S/C28H29F3N4O/c29-28(30,31)22-9-10-25-21(16-22)17-24(27(36)33-13-11-23-8-4-5-12-32-23)26-19-34(14-15-35(25)26)18-20-6-2-1-3-7-20/h1-10,12,16,24,26H,11,13-15,17-19H2,(H,33,36)/t24-,26+/m0/s1. The zero-order valence-electron chi connectivity index (χ0n) is 19.9. The predicted octanol–water partition coefficient (Wildman–Crippen LogP) is 4.32. The van der Waals surface area contributed by atoms with Crippen LogP contribution in [0.3, 0.4) is 0 Å². The number of nitrogens with one attached hydrogen (secondary N) is 1. The normalized spacial score (nSPS) is 19.9. The average molecular weight is 495 g/mol. The van der Waals surface area contributed by atoms with Gasteiger partial charge in [0.1, 0.15) is 0 Å². The number of hydrogen-bond donors (Lipinski definition) is 1. The Kier molecular flexibility index (Phi) is 6.96. The molecule has 2 atom stereocenters. The molecule has 1 saturated heterocycles. The summed E-state index contributed by atoms with van der Waals surface area (Å²) in [6, 6.07) is 19.7. The van der Waals surface area contributed by atoms with Gasteiger partial charge in [-0.05, 0) is 47.9 Å². The summed E-state index contributed by atoms with van der Waals surface area (Å²) in [4.78, 5) is 22.2. The molecule has 0 unspecified atom stereocenters. The first-order valence-corrected chi connectivity index (χ1v) is 12.3. The molecule has 0 spiro atoms. The Balaban J connectivity index is 1.36. The summed E-state index contributed by atoms with van der Waals surface area (Å²) < 4.78 is 40.3. The van der Waals surface area contributed by atoms with Crippen LogP contribution in [0.4, 0.5) is 18.9 Å². The van der Waals surface area contributed by atoms with Gasteiger partial charge in [0.2, 0.25) is 5.91 Å². The Labute approximate surface area is 208 Å². The molecule has 3 aromatic rings. The van der Waals surface area contributed by atoms with Gasteiger partial charge in [-0.2, -0.15) is 13.2 Å². The highest BCUT2D eigenvalue weighted by Crippen LogP contribution is 2.39. The number of carbonyl (C=O) groups excluding carboxylic acids is 1. The van der Waals surface area contributed by atoms with E-state index in [1.54, 1.807) is 12.3 Å². The van der Waals surface area contributed by atoms with Gasteiger partial charge in [0, 0.05) is 56.7 Å². The third-order valence-corrected chi connectivity index (χ3v) is 7.12. The second-order valence-corrected chi connectivity index (χ2v) is 9.50. The minimum Gasteiger partial charge on any atom is -0.365 e. The number of halogens is 3. The molecule has 0 saturated carbocycles. The minimum absolute atomic E-state index is 0.110. The van der Waals surface area contributed by atoms with Crippen molar-refractivity contribution in [1.29, 1.82) is 0 Å². The number of rotatable bonds is 6. The Morgan fingerprint density at radius 3 is 2.58 bits per heavy atom. The number of fused-ring (bicyclic) bond motifs is 3. The van der Waals surface area contributed by atoms with Crippen molar-refractivity contribution in [2.45, 2.75) is 31.6 Å². The zero-order valence-corrected chi connectivity index (χ0v) is 19.9. The van der Waals surface area contributed by atoms with Crippen molar-refractivity contribution < 1.29 is 18.0 Å². The number of amides is 1. The number of nitrogens with zero attached hydrogens (tertiary/aromatic N) is 3. The lowest BCUT2D eigenvalue weighted by Gasteiger charge is -2.49. The maximum absolute atomic E-state index is 13.4. The third kappa shape index (κ3) is 5.38. The van der Waals surface area contributed by atoms with Gasteiger partial charge in [-0.15, -0.1) is 0 Å². The highest BCUT2D eigenvalue weighted by Gasteiger charge is 2.42. The quantitative estimate of drug-likeness (QED) is 0.555. The van der Waals surface area contributed by atoms with E-state index in [0.29, 0.717) is 31.6 Å². The summed E-state index contributed by atoms with van der Waals surface area (Å²) in [6.45, 7) is 3.32. The van der Waals surface area contributed by atoms with Gasteiger partial charge in [-0.25, -0.2) is 0 Å². The van der Waals surface area contributed by atoms with Crippen molar-refractivity contribution in [2.24, 2.45) is 5.92 Å². The first kappa shape index (κ1) is 24.3. The van der Waals surface area contributed by atoms with Crippen LogP contribution >= 0.6 is 0 Å². The molecule has 1 aromatic heterocycles. The van der Waals surface area contributed by atoms with Crippen molar-refractivity contribution >= 4 is 11.6 Å². The largest absolute Gasteiger partial charge is 0.416 e. The SMILES string of the molecule is O=C(NCCc1ccccn1)[C@H]1Cc2cc(C(F)(F)F)ccc2N2CCN(Cc3ccccc3)C[C@H]12. The summed E-state index contributed by atoms with van der Waals surface area (Å²) in [5.41, 5.74) is 2.81. The maximum atomic E-state index is 13.4. The smallest absolute Gasteiger partial charge is 0.365 e. The van der Waals surface area contributed by atoms with E-state index in [1.165, 1.54) is 11.6 Å². The van der Waals surface area contributed by atoms with Crippen molar-refractivity contribution in [1.82, 2.24) is 15.2 Å². The number of benzene rings is 2. The van der Waals surface area contributed by atoms with Crippen LogP contribution in [0.1, 0.15) is 22.4 Å². The summed E-state index contributed by atoms with van der Waals surface area (Å²) in [6.07, 6.45) is -1.81. The van der Waals surface area contributed by atoms with Gasteiger partial charge in [-0.3, -0.25) is 14.7 Å². The molecule has 0 radical (unpaired) electrons. The lowest BCUT2D eigenvalue weighted by atomic mass is 9.82. The highest BCUT2D eigenvalue weighted by atomic mass is 19.4. The van der Waals surface area contributed by atoms with E-state index in [1.807, 2.05) is 36.4 Å².